The van der Waals surface area contributed by atoms with Crippen LogP contribution in [0, 0.1) is 0 Å². The van der Waals surface area contributed by atoms with Gasteiger partial charge in [-0.2, -0.15) is 0 Å². The van der Waals surface area contributed by atoms with Crippen molar-refractivity contribution in [3.05, 3.63) is 70.6 Å². The van der Waals surface area contributed by atoms with Gasteiger partial charge in [-0.05, 0) is 56.7 Å². The molecule has 4 rings (SSSR count). The second-order valence-electron chi connectivity index (χ2n) is 9.08. The summed E-state index contributed by atoms with van der Waals surface area (Å²) in [6.45, 7) is 6.24. The number of hydrogen-bond acceptors (Lipinski definition) is 6. The van der Waals surface area contributed by atoms with Crippen LogP contribution in [0.25, 0.3) is 0 Å². The van der Waals surface area contributed by atoms with Crippen molar-refractivity contribution >= 4 is 29.1 Å². The van der Waals surface area contributed by atoms with Gasteiger partial charge in [-0.1, -0.05) is 42.1 Å². The highest BCUT2D eigenvalue weighted by atomic mass is 32.2. The lowest BCUT2D eigenvalue weighted by atomic mass is 9.89. The van der Waals surface area contributed by atoms with Crippen LogP contribution in [0.3, 0.4) is 0 Å². The maximum atomic E-state index is 11.3. The molecule has 0 atom stereocenters. The van der Waals surface area contributed by atoms with Gasteiger partial charge in [-0.3, -0.25) is 4.79 Å². The molecule has 7 heteroatoms. The molecule has 1 aromatic carbocycles. The summed E-state index contributed by atoms with van der Waals surface area (Å²) in [6, 6.07) is 10.9. The fraction of sp³-hybridized carbons (Fsp3) is 0.462. The third-order valence-electron chi connectivity index (χ3n) is 6.30. The molecule has 2 aliphatic rings. The van der Waals surface area contributed by atoms with Gasteiger partial charge >= 0.3 is 5.97 Å². The minimum absolute atomic E-state index is 0.591. The first-order chi connectivity index (χ1) is 15.9. The first-order valence-corrected chi connectivity index (χ1v) is 13.3. The van der Waals surface area contributed by atoms with Crippen LogP contribution < -0.4 is 0 Å². The fourth-order valence-electron chi connectivity index (χ4n) is 4.21. The van der Waals surface area contributed by atoms with Gasteiger partial charge < -0.3 is 14.7 Å². The van der Waals surface area contributed by atoms with Crippen molar-refractivity contribution in [3.8, 4) is 0 Å². The van der Waals surface area contributed by atoms with Crippen LogP contribution in [-0.2, 0) is 16.0 Å². The topological polar surface area (TPSA) is 62.7 Å². The molecule has 1 aliphatic heterocycles. The normalized spacial score (nSPS) is 17.5. The van der Waals surface area contributed by atoms with E-state index in [1.165, 1.54) is 47.2 Å². The van der Waals surface area contributed by atoms with Gasteiger partial charge in [0.1, 0.15) is 4.75 Å². The molecule has 33 heavy (non-hydrogen) atoms. The number of carboxylic acids is 1. The van der Waals surface area contributed by atoms with Crippen molar-refractivity contribution in [1.29, 1.82) is 0 Å². The van der Waals surface area contributed by atoms with Crippen LogP contribution in [0.5, 0.6) is 0 Å². The molecule has 0 unspecified atom stereocenters. The molecule has 1 saturated heterocycles. The Morgan fingerprint density at radius 3 is 2.64 bits per heavy atom. The molecule has 0 spiro atoms. The van der Waals surface area contributed by atoms with E-state index in [-0.39, 0.29) is 0 Å². The lowest BCUT2D eigenvalue weighted by molar-refractivity contribution is -0.138. The number of likely N-dealkylation sites (tertiary alicyclic amines) is 1. The smallest absolute Gasteiger partial charge is 0.319 e. The highest BCUT2D eigenvalue weighted by Crippen LogP contribution is 2.35. The van der Waals surface area contributed by atoms with E-state index in [9.17, 15) is 9.90 Å². The van der Waals surface area contributed by atoms with Crippen LogP contribution in [0.2, 0.25) is 0 Å². The number of ether oxygens (including phenoxy) is 1. The van der Waals surface area contributed by atoms with E-state index < -0.39 is 10.7 Å². The van der Waals surface area contributed by atoms with Gasteiger partial charge in [0.2, 0.25) is 0 Å². The Kier molecular flexibility index (Phi) is 7.81. The number of benzene rings is 1. The number of carboxylic acid groups (broad SMARTS) is 1. The Morgan fingerprint density at radius 1 is 1.21 bits per heavy atom. The first-order valence-electron chi connectivity index (χ1n) is 11.6. The van der Waals surface area contributed by atoms with E-state index in [0.29, 0.717) is 12.5 Å². The van der Waals surface area contributed by atoms with Crippen LogP contribution in [0.4, 0.5) is 0 Å². The van der Waals surface area contributed by atoms with Crippen LogP contribution in [0.1, 0.15) is 56.7 Å². The number of rotatable bonds is 9. The summed E-state index contributed by atoms with van der Waals surface area (Å²) >= 11 is 2.79. The van der Waals surface area contributed by atoms with Crippen LogP contribution in [0.15, 0.2) is 63.7 Å². The molecule has 2 heterocycles. The van der Waals surface area contributed by atoms with Crippen molar-refractivity contribution in [2.24, 2.45) is 0 Å². The molecule has 0 amide bonds. The third kappa shape index (κ3) is 6.42. The molecule has 1 N–H and O–H groups in total. The second kappa shape index (κ2) is 10.8. The van der Waals surface area contributed by atoms with Gasteiger partial charge in [-0.25, -0.2) is 4.98 Å². The molecule has 0 saturated carbocycles. The Labute approximate surface area is 204 Å². The molecule has 2 aromatic rings. The standard InChI is InChI=1S/C26H32N2O3S2/c1-26(2,24(29)30)33-25-27-21(18-32-25)14-17-31-23-10-8-22(9-11-23)28-15-12-20(13-16-28)19-6-4-3-5-7-19/h3-8,10,18,20H,9,11-17H2,1-2H3,(H,29,30). The highest BCUT2D eigenvalue weighted by molar-refractivity contribution is 8.02. The first kappa shape index (κ1) is 23.9. The minimum Gasteiger partial charge on any atom is -0.498 e. The zero-order valence-corrected chi connectivity index (χ0v) is 21.0. The number of nitrogens with zero attached hydrogens (tertiary/aromatic N) is 2. The number of allylic oxidation sites excluding steroid dienone is 4. The maximum absolute atomic E-state index is 11.3. The van der Waals surface area contributed by atoms with E-state index in [2.05, 4.69) is 52.4 Å². The number of aliphatic carboxylic acids is 1. The highest BCUT2D eigenvalue weighted by Gasteiger charge is 2.30. The van der Waals surface area contributed by atoms with Gasteiger partial charge in [0.25, 0.3) is 0 Å². The molecular formula is C26H32N2O3S2. The summed E-state index contributed by atoms with van der Waals surface area (Å²) < 4.78 is 5.92. The number of thioether (sulfide) groups is 1. The zero-order chi connectivity index (χ0) is 23.3. The largest absolute Gasteiger partial charge is 0.498 e. The molecule has 176 valence electrons. The Hall–Kier alpha value is -2.25. The third-order valence-corrected chi connectivity index (χ3v) is 8.47. The van der Waals surface area contributed by atoms with Crippen molar-refractivity contribution in [1.82, 2.24) is 9.88 Å². The fourth-order valence-corrected chi connectivity index (χ4v) is 6.44. The summed E-state index contributed by atoms with van der Waals surface area (Å²) in [5, 5.41) is 11.3. The number of carbonyl (C=O) groups is 1. The van der Waals surface area contributed by atoms with Crippen molar-refractivity contribution in [2.45, 2.75) is 61.0 Å². The quantitative estimate of drug-likeness (QED) is 0.434. The SMILES string of the molecule is CC(C)(Sc1nc(CCOC2=CC=C(N3CCC(c4ccccc4)CC3)CC2)cs1)C(=O)O. The molecule has 1 aliphatic carbocycles. The molecule has 1 fully saturated rings. The van der Waals surface area contributed by atoms with Gasteiger partial charge in [0, 0.05) is 37.0 Å². The Morgan fingerprint density at radius 2 is 1.97 bits per heavy atom. The van der Waals surface area contributed by atoms with Crippen molar-refractivity contribution < 1.29 is 14.6 Å². The summed E-state index contributed by atoms with van der Waals surface area (Å²) in [5.41, 5.74) is 3.86. The monoisotopic (exact) mass is 484 g/mol. The number of thiazole rings is 1. The Bertz CT molecular complexity index is 1010. The minimum atomic E-state index is -0.876. The van der Waals surface area contributed by atoms with Gasteiger partial charge in [0.05, 0.1) is 18.1 Å². The number of hydrogen-bond donors (Lipinski definition) is 1. The zero-order valence-electron chi connectivity index (χ0n) is 19.3. The predicted molar refractivity (Wildman–Crippen MR) is 135 cm³/mol. The van der Waals surface area contributed by atoms with Crippen molar-refractivity contribution in [2.75, 3.05) is 19.7 Å². The predicted octanol–water partition coefficient (Wildman–Crippen LogP) is 6.10. The van der Waals surface area contributed by atoms with Crippen LogP contribution >= 0.6 is 23.1 Å². The van der Waals surface area contributed by atoms with E-state index >= 15 is 0 Å². The lowest BCUT2D eigenvalue weighted by Crippen LogP contribution is -2.32. The lowest BCUT2D eigenvalue weighted by Gasteiger charge is -2.36. The average molecular weight is 485 g/mol. The summed E-state index contributed by atoms with van der Waals surface area (Å²) in [7, 11) is 0. The van der Waals surface area contributed by atoms with E-state index in [4.69, 9.17) is 4.74 Å². The second-order valence-corrected chi connectivity index (χ2v) is 11.8. The Balaban J connectivity index is 1.21. The van der Waals surface area contributed by atoms with Crippen molar-refractivity contribution in [3.63, 3.8) is 0 Å². The van der Waals surface area contributed by atoms with E-state index in [0.717, 1.165) is 48.1 Å². The number of aromatic nitrogens is 1. The summed E-state index contributed by atoms with van der Waals surface area (Å²) in [4.78, 5) is 18.4. The molecule has 0 radical (unpaired) electrons. The number of piperidine rings is 1. The maximum Gasteiger partial charge on any atom is 0.319 e. The van der Waals surface area contributed by atoms with E-state index in [1.54, 1.807) is 13.8 Å². The molecule has 5 nitrogen and oxygen atoms in total. The molecule has 1 aromatic heterocycles. The average Bonchev–Trinajstić information content (AvgIpc) is 3.26. The van der Waals surface area contributed by atoms with Crippen LogP contribution in [-0.4, -0.2) is 45.4 Å². The summed E-state index contributed by atoms with van der Waals surface area (Å²) in [5.74, 6) is 0.889. The molecular weight excluding hydrogens is 452 g/mol. The van der Waals surface area contributed by atoms with Gasteiger partial charge in [-0.15, -0.1) is 11.3 Å². The summed E-state index contributed by atoms with van der Waals surface area (Å²) in [6.07, 6.45) is 9.48. The molecule has 0 bridgehead atoms. The van der Waals surface area contributed by atoms with Gasteiger partial charge in [0.15, 0.2) is 4.34 Å². The van der Waals surface area contributed by atoms with E-state index in [1.807, 2.05) is 5.38 Å².